The minimum atomic E-state index is -0.504. The fraction of sp³-hybridized carbons (Fsp3) is 0.462. The summed E-state index contributed by atoms with van der Waals surface area (Å²) in [5.74, 6) is -0.208. The molecule has 104 valence electrons. The van der Waals surface area contributed by atoms with E-state index in [0.717, 1.165) is 6.54 Å². The predicted molar refractivity (Wildman–Crippen MR) is 74.1 cm³/mol. The van der Waals surface area contributed by atoms with Gasteiger partial charge in [0, 0.05) is 18.5 Å². The Hall–Kier alpha value is -1.95. The van der Waals surface area contributed by atoms with Crippen LogP contribution in [0.5, 0.6) is 0 Å². The van der Waals surface area contributed by atoms with Crippen LogP contribution in [0.25, 0.3) is 0 Å². The molecule has 0 aliphatic carbocycles. The zero-order valence-corrected chi connectivity index (χ0v) is 11.2. The maximum absolute atomic E-state index is 11.7. The molecule has 0 radical (unpaired) electrons. The number of nitro groups is 1. The Bertz CT molecular complexity index is 447. The summed E-state index contributed by atoms with van der Waals surface area (Å²) in [7, 11) is 0. The Morgan fingerprint density at radius 2 is 2.05 bits per heavy atom. The monoisotopic (exact) mass is 265 g/mol. The molecule has 0 saturated heterocycles. The first kappa shape index (κ1) is 15.1. The molecule has 2 N–H and O–H groups in total. The fourth-order valence-electron chi connectivity index (χ4n) is 1.59. The molecule has 0 bridgehead atoms. The molecular weight excluding hydrogens is 246 g/mol. The standard InChI is InChI=1S/C13H19N3O3/c1-10(2)14-9-5-8-13(17)15-11-6-3-4-7-12(11)16(18)19/h3-4,6-7,10,14H,5,8-9H2,1-2H3,(H,15,17). The molecule has 1 amide bonds. The average molecular weight is 265 g/mol. The number of nitrogens with zero attached hydrogens (tertiary/aromatic N) is 1. The molecular formula is C13H19N3O3. The predicted octanol–water partition coefficient (Wildman–Crippen LogP) is 2.31. The Balaban J connectivity index is 2.46. The van der Waals surface area contributed by atoms with Crippen molar-refractivity contribution < 1.29 is 9.72 Å². The summed E-state index contributed by atoms with van der Waals surface area (Å²) < 4.78 is 0. The van der Waals surface area contributed by atoms with Gasteiger partial charge in [-0.1, -0.05) is 26.0 Å². The number of rotatable bonds is 7. The Labute approximate surface area is 112 Å². The van der Waals surface area contributed by atoms with Crippen molar-refractivity contribution in [1.29, 1.82) is 0 Å². The number of nitro benzene ring substituents is 1. The van der Waals surface area contributed by atoms with Crippen molar-refractivity contribution in [3.8, 4) is 0 Å². The van der Waals surface area contributed by atoms with Gasteiger partial charge in [0.25, 0.3) is 5.69 Å². The number of amides is 1. The average Bonchev–Trinajstić information content (AvgIpc) is 2.35. The van der Waals surface area contributed by atoms with E-state index in [1.807, 2.05) is 13.8 Å². The SMILES string of the molecule is CC(C)NCCCC(=O)Nc1ccccc1[N+](=O)[O-]. The van der Waals surface area contributed by atoms with E-state index < -0.39 is 4.92 Å². The molecule has 19 heavy (non-hydrogen) atoms. The number of nitrogens with one attached hydrogen (secondary N) is 2. The van der Waals surface area contributed by atoms with Crippen molar-refractivity contribution in [3.63, 3.8) is 0 Å². The maximum atomic E-state index is 11.7. The zero-order chi connectivity index (χ0) is 14.3. The van der Waals surface area contributed by atoms with E-state index in [9.17, 15) is 14.9 Å². The number of benzene rings is 1. The maximum Gasteiger partial charge on any atom is 0.292 e. The Morgan fingerprint density at radius 1 is 1.37 bits per heavy atom. The van der Waals surface area contributed by atoms with Gasteiger partial charge in [-0.3, -0.25) is 14.9 Å². The molecule has 6 nitrogen and oxygen atoms in total. The first-order chi connectivity index (χ1) is 9.00. The number of anilines is 1. The van der Waals surface area contributed by atoms with Crippen LogP contribution in [0.1, 0.15) is 26.7 Å². The van der Waals surface area contributed by atoms with Crippen LogP contribution in [-0.4, -0.2) is 23.4 Å². The van der Waals surface area contributed by atoms with Crippen LogP contribution >= 0.6 is 0 Å². The number of para-hydroxylation sites is 2. The summed E-state index contributed by atoms with van der Waals surface area (Å²) in [4.78, 5) is 21.9. The smallest absolute Gasteiger partial charge is 0.292 e. The lowest BCUT2D eigenvalue weighted by Crippen LogP contribution is -2.24. The Kier molecular flexibility index (Phi) is 5.95. The van der Waals surface area contributed by atoms with E-state index in [-0.39, 0.29) is 17.3 Å². The van der Waals surface area contributed by atoms with Gasteiger partial charge < -0.3 is 10.6 Å². The van der Waals surface area contributed by atoms with Gasteiger partial charge in [-0.2, -0.15) is 0 Å². The van der Waals surface area contributed by atoms with Gasteiger partial charge in [-0.05, 0) is 19.0 Å². The highest BCUT2D eigenvalue weighted by molar-refractivity contribution is 5.92. The highest BCUT2D eigenvalue weighted by Crippen LogP contribution is 2.23. The van der Waals surface area contributed by atoms with Crippen molar-refractivity contribution in [1.82, 2.24) is 5.32 Å². The lowest BCUT2D eigenvalue weighted by atomic mass is 10.2. The fourth-order valence-corrected chi connectivity index (χ4v) is 1.59. The van der Waals surface area contributed by atoms with Gasteiger partial charge in [-0.15, -0.1) is 0 Å². The minimum Gasteiger partial charge on any atom is -0.320 e. The topological polar surface area (TPSA) is 84.3 Å². The molecule has 0 fully saturated rings. The number of carbonyl (C=O) groups excluding carboxylic acids is 1. The molecule has 0 saturated carbocycles. The van der Waals surface area contributed by atoms with Crippen LogP contribution < -0.4 is 10.6 Å². The van der Waals surface area contributed by atoms with Crippen LogP contribution in [0.3, 0.4) is 0 Å². The van der Waals surface area contributed by atoms with Crippen LogP contribution in [0, 0.1) is 10.1 Å². The van der Waals surface area contributed by atoms with E-state index >= 15 is 0 Å². The van der Waals surface area contributed by atoms with E-state index in [2.05, 4.69) is 10.6 Å². The van der Waals surface area contributed by atoms with Gasteiger partial charge in [0.2, 0.25) is 5.91 Å². The third-order valence-corrected chi connectivity index (χ3v) is 2.51. The molecule has 0 aromatic heterocycles. The van der Waals surface area contributed by atoms with Crippen molar-refractivity contribution in [2.24, 2.45) is 0 Å². The van der Waals surface area contributed by atoms with Crippen LogP contribution in [0.2, 0.25) is 0 Å². The Morgan fingerprint density at radius 3 is 2.68 bits per heavy atom. The second-order valence-corrected chi connectivity index (χ2v) is 4.53. The summed E-state index contributed by atoms with van der Waals surface area (Å²) >= 11 is 0. The van der Waals surface area contributed by atoms with Crippen molar-refractivity contribution in [2.45, 2.75) is 32.7 Å². The molecule has 0 aliphatic heterocycles. The van der Waals surface area contributed by atoms with E-state index in [1.165, 1.54) is 12.1 Å². The van der Waals surface area contributed by atoms with Gasteiger partial charge in [0.05, 0.1) is 4.92 Å². The van der Waals surface area contributed by atoms with E-state index in [4.69, 9.17) is 0 Å². The third kappa shape index (κ3) is 5.48. The van der Waals surface area contributed by atoms with Crippen molar-refractivity contribution >= 4 is 17.3 Å². The largest absolute Gasteiger partial charge is 0.320 e. The molecule has 1 rings (SSSR count). The molecule has 6 heteroatoms. The first-order valence-electron chi connectivity index (χ1n) is 6.27. The number of hydrogen-bond acceptors (Lipinski definition) is 4. The van der Waals surface area contributed by atoms with Gasteiger partial charge >= 0.3 is 0 Å². The van der Waals surface area contributed by atoms with E-state index in [0.29, 0.717) is 18.9 Å². The quantitative estimate of drug-likeness (QED) is 0.450. The van der Waals surface area contributed by atoms with Crippen molar-refractivity contribution in [3.05, 3.63) is 34.4 Å². The number of hydrogen-bond donors (Lipinski definition) is 2. The molecule has 0 spiro atoms. The highest BCUT2D eigenvalue weighted by atomic mass is 16.6. The van der Waals surface area contributed by atoms with Crippen molar-refractivity contribution in [2.75, 3.05) is 11.9 Å². The van der Waals surface area contributed by atoms with Crippen LogP contribution in [-0.2, 0) is 4.79 Å². The van der Waals surface area contributed by atoms with Crippen LogP contribution in [0.15, 0.2) is 24.3 Å². The molecule has 0 aliphatic rings. The lowest BCUT2D eigenvalue weighted by molar-refractivity contribution is -0.383. The highest BCUT2D eigenvalue weighted by Gasteiger charge is 2.14. The first-order valence-corrected chi connectivity index (χ1v) is 6.27. The summed E-state index contributed by atoms with van der Waals surface area (Å²) in [6, 6.07) is 6.51. The summed E-state index contributed by atoms with van der Waals surface area (Å²) in [5, 5.41) is 16.6. The normalized spacial score (nSPS) is 10.5. The van der Waals surface area contributed by atoms with E-state index in [1.54, 1.807) is 12.1 Å². The molecule has 0 atom stereocenters. The van der Waals surface area contributed by atoms with Gasteiger partial charge in [-0.25, -0.2) is 0 Å². The number of carbonyl (C=O) groups is 1. The second-order valence-electron chi connectivity index (χ2n) is 4.53. The summed E-state index contributed by atoms with van der Waals surface area (Å²) in [6.07, 6.45) is 1.04. The third-order valence-electron chi connectivity index (χ3n) is 2.51. The second kappa shape index (κ2) is 7.48. The van der Waals surface area contributed by atoms with Gasteiger partial charge in [0.15, 0.2) is 0 Å². The molecule has 1 aromatic carbocycles. The zero-order valence-electron chi connectivity index (χ0n) is 11.2. The summed E-state index contributed by atoms with van der Waals surface area (Å²) in [5.41, 5.74) is 0.158. The summed E-state index contributed by atoms with van der Waals surface area (Å²) in [6.45, 7) is 4.82. The molecule has 0 unspecified atom stereocenters. The molecule has 0 heterocycles. The van der Waals surface area contributed by atoms with Crippen LogP contribution in [0.4, 0.5) is 11.4 Å². The van der Waals surface area contributed by atoms with Gasteiger partial charge in [0.1, 0.15) is 5.69 Å². The molecule has 1 aromatic rings. The lowest BCUT2D eigenvalue weighted by Gasteiger charge is -2.08. The minimum absolute atomic E-state index is 0.0869.